The Balaban J connectivity index is 1.81. The van der Waals surface area contributed by atoms with Crippen LogP contribution < -0.4 is 22.1 Å². The Kier molecular flexibility index (Phi) is 7.85. The first kappa shape index (κ1) is 24.8. The van der Waals surface area contributed by atoms with Crippen molar-refractivity contribution < 1.29 is 5.11 Å². The molecule has 0 saturated carbocycles. The molecule has 0 aliphatic rings. The third kappa shape index (κ3) is 5.33. The molecule has 0 bridgehead atoms. The van der Waals surface area contributed by atoms with Crippen molar-refractivity contribution in [3.63, 3.8) is 0 Å². The molecule has 8 nitrogen and oxygen atoms in total. The van der Waals surface area contributed by atoms with E-state index in [-0.39, 0.29) is 12.6 Å². The van der Waals surface area contributed by atoms with Gasteiger partial charge in [-0.2, -0.15) is 5.26 Å². The zero-order valence-corrected chi connectivity index (χ0v) is 20.2. The van der Waals surface area contributed by atoms with Gasteiger partial charge in [-0.15, -0.1) is 0 Å². The first-order chi connectivity index (χ1) is 17.5. The number of aliphatic hydroxyl groups excluding tert-OH is 1. The number of benzene rings is 2. The molecular formula is C27H26ClN7O. The van der Waals surface area contributed by atoms with Crippen LogP contribution in [0.3, 0.4) is 0 Å². The summed E-state index contributed by atoms with van der Waals surface area (Å²) in [6, 6.07) is 18.6. The van der Waals surface area contributed by atoms with Crippen molar-refractivity contribution >= 4 is 33.9 Å². The maximum Gasteiger partial charge on any atom is 0.103 e. The Labute approximate surface area is 214 Å². The highest BCUT2D eigenvalue weighted by Crippen LogP contribution is 2.37. The van der Waals surface area contributed by atoms with Crippen LogP contribution in [0.5, 0.6) is 0 Å². The third-order valence-corrected chi connectivity index (χ3v) is 6.13. The Morgan fingerprint density at radius 2 is 1.89 bits per heavy atom. The fourth-order valence-corrected chi connectivity index (χ4v) is 4.33. The maximum atomic E-state index is 9.86. The van der Waals surface area contributed by atoms with Crippen LogP contribution in [0, 0.1) is 11.3 Å². The van der Waals surface area contributed by atoms with E-state index in [2.05, 4.69) is 26.7 Å². The molecule has 2 aromatic carbocycles. The third-order valence-electron chi connectivity index (χ3n) is 5.84. The Bertz CT molecular complexity index is 1400. The Morgan fingerprint density at radius 1 is 1.11 bits per heavy atom. The SMILES string of the molecule is N#Cc1cnc2c(Cl)cc(N[C@H](/C(N)=C/N)c3cccnc3)cc2c1N[C@H](CCO)c1ccccc1. The smallest absolute Gasteiger partial charge is 0.103 e. The lowest BCUT2D eigenvalue weighted by Gasteiger charge is -2.23. The summed E-state index contributed by atoms with van der Waals surface area (Å²) in [6.45, 7) is -0.0253. The van der Waals surface area contributed by atoms with Crippen molar-refractivity contribution in [2.45, 2.75) is 18.5 Å². The van der Waals surface area contributed by atoms with Crippen LogP contribution in [-0.2, 0) is 0 Å². The molecule has 4 aromatic rings. The second-order valence-electron chi connectivity index (χ2n) is 8.16. The summed E-state index contributed by atoms with van der Waals surface area (Å²) in [5.74, 6) is 0. The summed E-state index contributed by atoms with van der Waals surface area (Å²) in [4.78, 5) is 8.61. The van der Waals surface area contributed by atoms with E-state index in [0.29, 0.717) is 45.0 Å². The van der Waals surface area contributed by atoms with E-state index < -0.39 is 6.04 Å². The number of aromatic nitrogens is 2. The van der Waals surface area contributed by atoms with Gasteiger partial charge in [-0.3, -0.25) is 9.97 Å². The van der Waals surface area contributed by atoms with Crippen LogP contribution in [0.15, 0.2) is 85.1 Å². The number of rotatable bonds is 9. The zero-order valence-electron chi connectivity index (χ0n) is 19.4. The summed E-state index contributed by atoms with van der Waals surface area (Å²) < 4.78 is 0. The van der Waals surface area contributed by atoms with E-state index in [1.54, 1.807) is 18.5 Å². The quantitative estimate of drug-likeness (QED) is 0.224. The van der Waals surface area contributed by atoms with E-state index in [1.165, 1.54) is 12.4 Å². The minimum Gasteiger partial charge on any atom is -0.403 e. The largest absolute Gasteiger partial charge is 0.403 e. The fraction of sp³-hybridized carbons (Fsp3) is 0.148. The van der Waals surface area contributed by atoms with Crippen LogP contribution >= 0.6 is 11.6 Å². The molecule has 0 fully saturated rings. The number of halogens is 1. The topological polar surface area (TPSA) is 146 Å². The molecule has 9 heteroatoms. The molecule has 0 aliphatic heterocycles. The molecule has 0 amide bonds. The van der Waals surface area contributed by atoms with Crippen molar-refractivity contribution in [1.29, 1.82) is 5.26 Å². The lowest BCUT2D eigenvalue weighted by Crippen LogP contribution is -2.20. The minimum absolute atomic E-state index is 0.0253. The Hall–Kier alpha value is -4.32. The molecule has 2 aromatic heterocycles. The number of pyridine rings is 2. The molecule has 0 radical (unpaired) electrons. The van der Waals surface area contributed by atoms with Gasteiger partial charge in [-0.05, 0) is 35.7 Å². The molecule has 0 aliphatic carbocycles. The van der Waals surface area contributed by atoms with Crippen molar-refractivity contribution in [2.75, 3.05) is 17.2 Å². The van der Waals surface area contributed by atoms with Crippen LogP contribution in [0.25, 0.3) is 10.9 Å². The van der Waals surface area contributed by atoms with E-state index in [0.717, 1.165) is 11.1 Å². The summed E-state index contributed by atoms with van der Waals surface area (Å²) in [5.41, 5.74) is 16.3. The zero-order chi connectivity index (χ0) is 25.5. The summed E-state index contributed by atoms with van der Waals surface area (Å²) in [6.07, 6.45) is 6.68. The van der Waals surface area contributed by atoms with Crippen LogP contribution in [0.2, 0.25) is 5.02 Å². The van der Waals surface area contributed by atoms with Gasteiger partial charge in [0.15, 0.2) is 0 Å². The van der Waals surface area contributed by atoms with E-state index in [1.807, 2.05) is 48.5 Å². The molecule has 4 rings (SSSR count). The Morgan fingerprint density at radius 3 is 2.56 bits per heavy atom. The van der Waals surface area contributed by atoms with Gasteiger partial charge >= 0.3 is 0 Å². The number of nitrogens with zero attached hydrogens (tertiary/aromatic N) is 3. The van der Waals surface area contributed by atoms with Crippen LogP contribution in [0.1, 0.15) is 35.2 Å². The predicted octanol–water partition coefficient (Wildman–Crippen LogP) is 4.60. The number of fused-ring (bicyclic) bond motifs is 1. The van der Waals surface area contributed by atoms with E-state index in [4.69, 9.17) is 23.1 Å². The highest BCUT2D eigenvalue weighted by molar-refractivity contribution is 6.35. The average Bonchev–Trinajstić information content (AvgIpc) is 2.92. The molecule has 36 heavy (non-hydrogen) atoms. The normalized spacial score (nSPS) is 13.1. The summed E-state index contributed by atoms with van der Waals surface area (Å²) in [5, 5.41) is 27.5. The van der Waals surface area contributed by atoms with Gasteiger partial charge in [0.1, 0.15) is 6.07 Å². The molecular weight excluding hydrogens is 474 g/mol. The van der Waals surface area contributed by atoms with Crippen molar-refractivity contribution in [3.8, 4) is 6.07 Å². The number of nitrogens with two attached hydrogens (primary N) is 2. The second kappa shape index (κ2) is 11.4. The number of anilines is 2. The van der Waals surface area contributed by atoms with Gasteiger partial charge in [0.25, 0.3) is 0 Å². The van der Waals surface area contributed by atoms with Crippen molar-refractivity contribution in [1.82, 2.24) is 9.97 Å². The molecule has 182 valence electrons. The standard InChI is InChI=1S/C27H26ClN7O/c28-22-12-20(34-26(23(31)14-30)18-7-4-9-32-15-18)11-21-25(19(13-29)16-33-27(21)22)35-24(8-10-36)17-5-2-1-3-6-17/h1-7,9,11-12,14-16,24,26,34,36H,8,10,30-31H2,(H,33,35)/b23-14-/t24-,26+/m1/s1. The summed E-state index contributed by atoms with van der Waals surface area (Å²) in [7, 11) is 0. The highest BCUT2D eigenvalue weighted by atomic mass is 35.5. The number of hydrogen-bond acceptors (Lipinski definition) is 8. The predicted molar refractivity (Wildman–Crippen MR) is 143 cm³/mol. The number of aliphatic hydroxyl groups is 1. The van der Waals surface area contributed by atoms with Crippen LogP contribution in [-0.4, -0.2) is 21.7 Å². The van der Waals surface area contributed by atoms with Gasteiger partial charge in [-0.1, -0.05) is 48.0 Å². The summed E-state index contributed by atoms with van der Waals surface area (Å²) >= 11 is 6.65. The number of hydrogen-bond donors (Lipinski definition) is 5. The van der Waals surface area contributed by atoms with Crippen molar-refractivity contribution in [3.05, 3.63) is 107 Å². The van der Waals surface area contributed by atoms with E-state index >= 15 is 0 Å². The van der Waals surface area contributed by atoms with E-state index in [9.17, 15) is 10.4 Å². The molecule has 7 N–H and O–H groups in total. The average molecular weight is 500 g/mol. The number of nitrogens with one attached hydrogen (secondary N) is 2. The molecule has 2 heterocycles. The van der Waals surface area contributed by atoms with Gasteiger partial charge in [0.05, 0.1) is 39.6 Å². The number of nitriles is 1. The molecule has 2 atom stereocenters. The van der Waals surface area contributed by atoms with Gasteiger partial charge in [-0.25, -0.2) is 0 Å². The van der Waals surface area contributed by atoms with Crippen molar-refractivity contribution in [2.24, 2.45) is 11.5 Å². The minimum atomic E-state index is -0.452. The van der Waals surface area contributed by atoms with Gasteiger partial charge in [0.2, 0.25) is 0 Å². The van der Waals surface area contributed by atoms with Gasteiger partial charge < -0.3 is 27.2 Å². The molecule has 0 saturated heterocycles. The second-order valence-corrected chi connectivity index (χ2v) is 8.57. The monoisotopic (exact) mass is 499 g/mol. The lowest BCUT2D eigenvalue weighted by molar-refractivity contribution is 0.280. The fourth-order valence-electron chi connectivity index (χ4n) is 4.06. The van der Waals surface area contributed by atoms with Gasteiger partial charge in [0, 0.05) is 42.5 Å². The first-order valence-corrected chi connectivity index (χ1v) is 11.7. The molecule has 0 unspecified atom stereocenters. The molecule has 0 spiro atoms. The highest BCUT2D eigenvalue weighted by Gasteiger charge is 2.20. The maximum absolute atomic E-state index is 9.86. The lowest BCUT2D eigenvalue weighted by atomic mass is 10.0. The first-order valence-electron chi connectivity index (χ1n) is 11.3. The van der Waals surface area contributed by atoms with Crippen LogP contribution in [0.4, 0.5) is 11.4 Å².